The van der Waals surface area contributed by atoms with Gasteiger partial charge < -0.3 is 14.4 Å². The van der Waals surface area contributed by atoms with Crippen molar-refractivity contribution in [3.05, 3.63) is 12.7 Å². The average molecular weight is 336 g/mol. The second-order valence-electron chi connectivity index (χ2n) is 7.09. The number of carbonyl (C=O) groups is 1. The Morgan fingerprint density at radius 3 is 2.92 bits per heavy atom. The average Bonchev–Trinajstić information content (AvgIpc) is 3.28. The van der Waals surface area contributed by atoms with Gasteiger partial charge in [-0.25, -0.2) is 9.67 Å². The number of hydrogen-bond acceptors (Lipinski definition) is 5. The Balaban J connectivity index is 1.58. The van der Waals surface area contributed by atoms with Crippen molar-refractivity contribution in [2.45, 2.75) is 57.8 Å². The van der Waals surface area contributed by atoms with E-state index < -0.39 is 6.10 Å². The molecule has 0 spiro atoms. The molecule has 7 heteroatoms. The molecule has 2 aliphatic heterocycles. The van der Waals surface area contributed by atoms with Crippen molar-refractivity contribution in [2.75, 3.05) is 26.3 Å². The van der Waals surface area contributed by atoms with Gasteiger partial charge in [0.15, 0.2) is 0 Å². The van der Waals surface area contributed by atoms with Crippen LogP contribution in [0.1, 0.15) is 45.6 Å². The number of rotatable bonds is 6. The summed E-state index contributed by atoms with van der Waals surface area (Å²) in [4.78, 5) is 18.9. The molecule has 1 amide bonds. The largest absolute Gasteiger partial charge is 0.376 e. The molecule has 0 saturated carbocycles. The van der Waals surface area contributed by atoms with Crippen molar-refractivity contribution in [3.63, 3.8) is 0 Å². The Morgan fingerprint density at radius 1 is 1.38 bits per heavy atom. The molecule has 7 nitrogen and oxygen atoms in total. The van der Waals surface area contributed by atoms with Crippen LogP contribution in [-0.2, 0) is 14.3 Å². The molecule has 1 aromatic heterocycles. The fourth-order valence-electron chi connectivity index (χ4n) is 3.49. The Bertz CT molecular complexity index is 514. The molecular weight excluding hydrogens is 308 g/mol. The van der Waals surface area contributed by atoms with E-state index in [0.717, 1.165) is 38.8 Å². The Morgan fingerprint density at radius 2 is 2.25 bits per heavy atom. The van der Waals surface area contributed by atoms with Crippen LogP contribution in [0, 0.1) is 5.92 Å². The number of hydrogen-bond donors (Lipinski definition) is 0. The molecule has 2 aliphatic rings. The first-order valence-electron chi connectivity index (χ1n) is 9.01. The highest BCUT2D eigenvalue weighted by Gasteiger charge is 2.33. The van der Waals surface area contributed by atoms with E-state index in [-0.39, 0.29) is 24.0 Å². The van der Waals surface area contributed by atoms with Crippen LogP contribution >= 0.6 is 0 Å². The van der Waals surface area contributed by atoms with Gasteiger partial charge in [-0.15, -0.1) is 0 Å². The van der Waals surface area contributed by atoms with Gasteiger partial charge in [0, 0.05) is 19.7 Å². The zero-order chi connectivity index (χ0) is 16.9. The van der Waals surface area contributed by atoms with E-state index >= 15 is 0 Å². The number of nitrogens with zero attached hydrogens (tertiary/aromatic N) is 4. The zero-order valence-corrected chi connectivity index (χ0v) is 14.6. The molecule has 0 radical (unpaired) electrons. The summed E-state index contributed by atoms with van der Waals surface area (Å²) in [5.41, 5.74) is 0. The maximum atomic E-state index is 13.0. The van der Waals surface area contributed by atoms with Gasteiger partial charge in [-0.3, -0.25) is 4.79 Å². The molecule has 3 rings (SSSR count). The van der Waals surface area contributed by atoms with Crippen LogP contribution in [0.25, 0.3) is 0 Å². The van der Waals surface area contributed by atoms with Gasteiger partial charge in [-0.1, -0.05) is 13.8 Å². The minimum Gasteiger partial charge on any atom is -0.376 e. The first kappa shape index (κ1) is 17.4. The van der Waals surface area contributed by atoms with Crippen molar-refractivity contribution in [3.8, 4) is 0 Å². The van der Waals surface area contributed by atoms with Gasteiger partial charge in [0.2, 0.25) is 0 Å². The normalized spacial score (nSPS) is 26.0. The van der Waals surface area contributed by atoms with E-state index in [1.54, 1.807) is 12.7 Å². The second kappa shape index (κ2) is 8.07. The highest BCUT2D eigenvalue weighted by Crippen LogP contribution is 2.23. The van der Waals surface area contributed by atoms with Crippen molar-refractivity contribution >= 4 is 5.91 Å². The van der Waals surface area contributed by atoms with Crippen LogP contribution < -0.4 is 0 Å². The lowest BCUT2D eigenvalue weighted by molar-refractivity contribution is -0.151. The third-order valence-corrected chi connectivity index (χ3v) is 4.85. The zero-order valence-electron chi connectivity index (χ0n) is 14.6. The molecule has 0 bridgehead atoms. The van der Waals surface area contributed by atoms with Crippen molar-refractivity contribution in [1.29, 1.82) is 0 Å². The fourth-order valence-corrected chi connectivity index (χ4v) is 3.49. The maximum absolute atomic E-state index is 13.0. The SMILES string of the molecule is CC(C)[C@H](OC[C@@H]1CCCO1)C(=O)N1CCC[C@H](n2cncn2)C1. The molecule has 134 valence electrons. The summed E-state index contributed by atoms with van der Waals surface area (Å²) < 4.78 is 13.4. The summed E-state index contributed by atoms with van der Waals surface area (Å²) in [6.07, 6.45) is 7.13. The maximum Gasteiger partial charge on any atom is 0.252 e. The van der Waals surface area contributed by atoms with Crippen molar-refractivity contribution < 1.29 is 14.3 Å². The molecule has 24 heavy (non-hydrogen) atoms. The third-order valence-electron chi connectivity index (χ3n) is 4.85. The van der Waals surface area contributed by atoms with Crippen LogP contribution in [0.15, 0.2) is 12.7 Å². The highest BCUT2D eigenvalue weighted by atomic mass is 16.5. The second-order valence-corrected chi connectivity index (χ2v) is 7.09. The monoisotopic (exact) mass is 336 g/mol. The number of piperidine rings is 1. The van der Waals surface area contributed by atoms with E-state index in [0.29, 0.717) is 13.2 Å². The number of likely N-dealkylation sites (tertiary alicyclic amines) is 1. The summed E-state index contributed by atoms with van der Waals surface area (Å²) in [6, 6.07) is 0.205. The van der Waals surface area contributed by atoms with E-state index in [9.17, 15) is 4.79 Å². The number of ether oxygens (including phenoxy) is 2. The minimum absolute atomic E-state index is 0.0906. The van der Waals surface area contributed by atoms with Gasteiger partial charge in [0.1, 0.15) is 18.8 Å². The topological polar surface area (TPSA) is 69.5 Å². The summed E-state index contributed by atoms with van der Waals surface area (Å²) in [5, 5.41) is 4.22. The van der Waals surface area contributed by atoms with Crippen molar-refractivity contribution in [1.82, 2.24) is 19.7 Å². The molecule has 2 fully saturated rings. The van der Waals surface area contributed by atoms with Gasteiger partial charge in [0.25, 0.3) is 5.91 Å². The molecule has 0 N–H and O–H groups in total. The van der Waals surface area contributed by atoms with Gasteiger partial charge in [-0.05, 0) is 31.6 Å². The van der Waals surface area contributed by atoms with E-state index in [4.69, 9.17) is 9.47 Å². The van der Waals surface area contributed by atoms with E-state index in [1.807, 2.05) is 23.4 Å². The first-order valence-corrected chi connectivity index (χ1v) is 9.01. The number of amides is 1. The lowest BCUT2D eigenvalue weighted by Gasteiger charge is -2.35. The van der Waals surface area contributed by atoms with Crippen LogP contribution in [0.4, 0.5) is 0 Å². The molecule has 1 aromatic rings. The standard InChI is InChI=1S/C17H28N4O3/c1-13(2)16(24-10-15-6-4-8-23-15)17(22)20-7-3-5-14(9-20)21-12-18-11-19-21/h11-16H,3-10H2,1-2H3/t14-,15-,16-/m0/s1. The summed E-state index contributed by atoms with van der Waals surface area (Å²) >= 11 is 0. The molecular formula is C17H28N4O3. The molecule has 3 heterocycles. The van der Waals surface area contributed by atoms with E-state index in [1.165, 1.54) is 0 Å². The van der Waals surface area contributed by atoms with Crippen LogP contribution in [-0.4, -0.2) is 64.1 Å². The third kappa shape index (κ3) is 4.13. The van der Waals surface area contributed by atoms with Crippen LogP contribution in [0.5, 0.6) is 0 Å². The van der Waals surface area contributed by atoms with Crippen LogP contribution in [0.3, 0.4) is 0 Å². The molecule has 2 saturated heterocycles. The first-order chi connectivity index (χ1) is 11.6. The summed E-state index contributed by atoms with van der Waals surface area (Å²) in [6.45, 7) is 6.86. The molecule has 0 aliphatic carbocycles. The number of carbonyl (C=O) groups excluding carboxylic acids is 1. The smallest absolute Gasteiger partial charge is 0.252 e. The summed E-state index contributed by atoms with van der Waals surface area (Å²) in [5.74, 6) is 0.235. The Kier molecular flexibility index (Phi) is 5.84. The molecule has 3 atom stereocenters. The minimum atomic E-state index is -0.399. The van der Waals surface area contributed by atoms with E-state index in [2.05, 4.69) is 10.1 Å². The van der Waals surface area contributed by atoms with Gasteiger partial charge in [-0.2, -0.15) is 5.10 Å². The lowest BCUT2D eigenvalue weighted by atomic mass is 10.0. The van der Waals surface area contributed by atoms with Crippen LogP contribution in [0.2, 0.25) is 0 Å². The van der Waals surface area contributed by atoms with Gasteiger partial charge >= 0.3 is 0 Å². The van der Waals surface area contributed by atoms with Crippen molar-refractivity contribution in [2.24, 2.45) is 5.92 Å². The quantitative estimate of drug-likeness (QED) is 0.790. The lowest BCUT2D eigenvalue weighted by Crippen LogP contribution is -2.48. The Hall–Kier alpha value is -1.47. The molecule has 0 unspecified atom stereocenters. The Labute approximate surface area is 143 Å². The highest BCUT2D eigenvalue weighted by molar-refractivity contribution is 5.81. The number of aromatic nitrogens is 3. The predicted octanol–water partition coefficient (Wildman–Crippen LogP) is 1.66. The van der Waals surface area contributed by atoms with Gasteiger partial charge in [0.05, 0.1) is 18.8 Å². The fraction of sp³-hybridized carbons (Fsp3) is 0.824. The summed E-state index contributed by atoms with van der Waals surface area (Å²) in [7, 11) is 0. The molecule has 0 aromatic carbocycles. The predicted molar refractivity (Wildman–Crippen MR) is 88.4 cm³/mol.